The Morgan fingerprint density at radius 3 is 2.47 bits per heavy atom. The van der Waals surface area contributed by atoms with E-state index in [0.717, 1.165) is 11.1 Å². The van der Waals surface area contributed by atoms with E-state index in [9.17, 15) is 19.5 Å². The van der Waals surface area contributed by atoms with Gasteiger partial charge >= 0.3 is 0 Å². The van der Waals surface area contributed by atoms with Crippen molar-refractivity contribution in [3.8, 4) is 0 Å². The van der Waals surface area contributed by atoms with Crippen molar-refractivity contribution in [2.45, 2.75) is 64.3 Å². The lowest BCUT2D eigenvalue weighted by Gasteiger charge is -2.36. The number of amides is 3. The highest BCUT2D eigenvalue weighted by Gasteiger charge is 2.80. The summed E-state index contributed by atoms with van der Waals surface area (Å²) < 4.78 is 6.58. The Balaban J connectivity index is 1.82. The van der Waals surface area contributed by atoms with Gasteiger partial charge in [-0.2, -0.15) is 0 Å². The van der Waals surface area contributed by atoms with Crippen LogP contribution in [0.1, 0.15) is 38.3 Å². The molecule has 3 saturated heterocycles. The highest BCUT2D eigenvalue weighted by atomic mass is 16.5. The molecule has 0 aromatic heterocycles. The number of ether oxygens (including phenoxy) is 1. The van der Waals surface area contributed by atoms with Crippen LogP contribution in [-0.2, 0) is 19.1 Å². The molecule has 3 aliphatic rings. The lowest BCUT2D eigenvalue weighted by molar-refractivity contribution is -0.148. The number of benzene rings is 1. The molecule has 4 rings (SSSR count). The van der Waals surface area contributed by atoms with Gasteiger partial charge < -0.3 is 25.4 Å². The summed E-state index contributed by atoms with van der Waals surface area (Å²) in [6.45, 7) is 9.13. The average molecular weight is 444 g/mol. The third-order valence-corrected chi connectivity index (χ3v) is 8.00. The predicted molar refractivity (Wildman–Crippen MR) is 119 cm³/mol. The Morgan fingerprint density at radius 2 is 1.91 bits per heavy atom. The van der Waals surface area contributed by atoms with Gasteiger partial charge in [0.05, 0.1) is 30.1 Å². The van der Waals surface area contributed by atoms with Gasteiger partial charge in [-0.15, -0.1) is 0 Å². The Hall–Kier alpha value is -2.45. The topological polar surface area (TPSA) is 108 Å². The Kier molecular flexibility index (Phi) is 5.37. The minimum Gasteiger partial charge on any atom is -0.394 e. The van der Waals surface area contributed by atoms with E-state index in [1.54, 1.807) is 14.0 Å². The van der Waals surface area contributed by atoms with E-state index in [1.807, 2.05) is 45.9 Å². The highest BCUT2D eigenvalue weighted by molar-refractivity contribution is 6.04. The summed E-state index contributed by atoms with van der Waals surface area (Å²) >= 11 is 0. The van der Waals surface area contributed by atoms with Crippen molar-refractivity contribution in [1.82, 2.24) is 10.2 Å². The Morgan fingerprint density at radius 1 is 1.28 bits per heavy atom. The molecule has 174 valence electrons. The van der Waals surface area contributed by atoms with Gasteiger partial charge in [-0.1, -0.05) is 25.1 Å². The summed E-state index contributed by atoms with van der Waals surface area (Å²) in [7, 11) is 1.55. The molecule has 2 bridgehead atoms. The molecule has 3 aliphatic heterocycles. The van der Waals surface area contributed by atoms with Gasteiger partial charge in [0.1, 0.15) is 11.6 Å². The molecule has 3 unspecified atom stereocenters. The summed E-state index contributed by atoms with van der Waals surface area (Å²) in [4.78, 5) is 41.9. The van der Waals surface area contributed by atoms with Crippen molar-refractivity contribution < 1.29 is 24.2 Å². The second-order valence-corrected chi connectivity index (χ2v) is 9.85. The molecule has 8 heteroatoms. The van der Waals surface area contributed by atoms with E-state index in [-0.39, 0.29) is 30.2 Å². The summed E-state index contributed by atoms with van der Waals surface area (Å²) in [6, 6.07) is 4.22. The van der Waals surface area contributed by atoms with Crippen LogP contribution in [0, 0.1) is 31.6 Å². The third-order valence-electron chi connectivity index (χ3n) is 8.00. The molecule has 0 aliphatic carbocycles. The fourth-order valence-electron chi connectivity index (χ4n) is 6.30. The monoisotopic (exact) mass is 443 g/mol. The number of aliphatic hydroxyl groups is 1. The maximum atomic E-state index is 13.8. The standard InChI is InChI=1S/C24H33N3O5/c1-12-8-7-9-13(2)18(12)26-21(30)19-24-10-14(3)23(5,32-24)16(20(29)25-6)17(24)22(31)27(19)15(4)11-28/h7-9,14-17,19,28H,10-11H2,1-6H3,(H,25,29)(H,26,30)/t14?,15-,16+,17+,19?,23-,24?/m1/s1. The zero-order valence-corrected chi connectivity index (χ0v) is 19.6. The number of hydrogen-bond acceptors (Lipinski definition) is 5. The molecule has 1 aromatic rings. The van der Waals surface area contributed by atoms with Crippen molar-refractivity contribution in [3.63, 3.8) is 0 Å². The number of hydrogen-bond donors (Lipinski definition) is 3. The van der Waals surface area contributed by atoms with E-state index >= 15 is 0 Å². The lowest BCUT2D eigenvalue weighted by Crippen LogP contribution is -2.56. The molecule has 3 amide bonds. The van der Waals surface area contributed by atoms with E-state index in [4.69, 9.17) is 4.74 Å². The van der Waals surface area contributed by atoms with E-state index in [1.165, 1.54) is 4.90 Å². The smallest absolute Gasteiger partial charge is 0.250 e. The molecule has 7 atom stereocenters. The van der Waals surface area contributed by atoms with Crippen molar-refractivity contribution in [3.05, 3.63) is 29.3 Å². The molecule has 1 spiro atoms. The fourth-order valence-corrected chi connectivity index (χ4v) is 6.30. The number of rotatable bonds is 5. The maximum Gasteiger partial charge on any atom is 0.250 e. The van der Waals surface area contributed by atoms with Crippen molar-refractivity contribution in [2.75, 3.05) is 19.0 Å². The van der Waals surface area contributed by atoms with Gasteiger partial charge in [0.15, 0.2) is 0 Å². The summed E-state index contributed by atoms with van der Waals surface area (Å²) in [5, 5.41) is 15.6. The minimum absolute atomic E-state index is 0.0197. The van der Waals surface area contributed by atoms with Crippen LogP contribution in [0.4, 0.5) is 5.69 Å². The molecule has 1 aromatic carbocycles. The molecule has 32 heavy (non-hydrogen) atoms. The lowest BCUT2D eigenvalue weighted by atomic mass is 9.62. The number of aryl methyl sites for hydroxylation is 2. The summed E-state index contributed by atoms with van der Waals surface area (Å²) in [5.74, 6) is -2.41. The second kappa shape index (κ2) is 7.56. The fraction of sp³-hybridized carbons (Fsp3) is 0.625. The number of fused-ring (bicyclic) bond motifs is 1. The van der Waals surface area contributed by atoms with Crippen LogP contribution in [0.2, 0.25) is 0 Å². The second-order valence-electron chi connectivity index (χ2n) is 9.85. The van der Waals surface area contributed by atoms with Gasteiger partial charge in [-0.3, -0.25) is 14.4 Å². The van der Waals surface area contributed by atoms with Gasteiger partial charge in [0.25, 0.3) is 0 Å². The summed E-state index contributed by atoms with van der Waals surface area (Å²) in [6.07, 6.45) is 0.493. The van der Waals surface area contributed by atoms with Crippen LogP contribution < -0.4 is 10.6 Å². The van der Waals surface area contributed by atoms with Gasteiger partial charge in [-0.25, -0.2) is 0 Å². The van der Waals surface area contributed by atoms with Crippen molar-refractivity contribution in [2.24, 2.45) is 17.8 Å². The Bertz CT molecular complexity index is 960. The number of aliphatic hydroxyl groups excluding tert-OH is 1. The molecule has 3 heterocycles. The average Bonchev–Trinajstić information content (AvgIpc) is 3.26. The number of carbonyl (C=O) groups is 3. The number of carbonyl (C=O) groups excluding carboxylic acids is 3. The number of para-hydroxylation sites is 1. The maximum absolute atomic E-state index is 13.8. The van der Waals surface area contributed by atoms with E-state index < -0.39 is 35.1 Å². The number of likely N-dealkylation sites (tertiary alicyclic amines) is 1. The number of nitrogens with one attached hydrogen (secondary N) is 2. The SMILES string of the molecule is CNC(=O)[C@@H]1[C@H]2C(=O)N([C@H](C)CO)C(C(=O)Nc3c(C)cccc3C)C23CC(C)[C@@]1(C)O3. The molecular weight excluding hydrogens is 410 g/mol. The summed E-state index contributed by atoms with van der Waals surface area (Å²) in [5.41, 5.74) is 0.576. The van der Waals surface area contributed by atoms with Crippen LogP contribution in [0.3, 0.4) is 0 Å². The molecule has 8 nitrogen and oxygen atoms in total. The first kappa shape index (κ1) is 22.7. The molecule has 0 saturated carbocycles. The van der Waals surface area contributed by atoms with Gasteiger partial charge in [0.2, 0.25) is 17.7 Å². The third kappa shape index (κ3) is 2.85. The van der Waals surface area contributed by atoms with E-state index in [0.29, 0.717) is 12.1 Å². The van der Waals surface area contributed by atoms with Crippen molar-refractivity contribution >= 4 is 23.4 Å². The normalized spacial score (nSPS) is 36.2. The predicted octanol–water partition coefficient (Wildman–Crippen LogP) is 1.38. The van der Waals surface area contributed by atoms with Crippen LogP contribution in [-0.4, -0.2) is 64.7 Å². The first-order valence-electron chi connectivity index (χ1n) is 11.2. The Labute approximate surface area is 188 Å². The van der Waals surface area contributed by atoms with Gasteiger partial charge in [0, 0.05) is 12.7 Å². The highest BCUT2D eigenvalue weighted by Crippen LogP contribution is 2.65. The van der Waals surface area contributed by atoms with E-state index in [2.05, 4.69) is 10.6 Å². The molecule has 3 N–H and O–H groups in total. The number of anilines is 1. The molecule has 0 radical (unpaired) electrons. The largest absolute Gasteiger partial charge is 0.394 e. The quantitative estimate of drug-likeness (QED) is 0.637. The first-order chi connectivity index (χ1) is 15.0. The van der Waals surface area contributed by atoms with Crippen LogP contribution in [0.25, 0.3) is 0 Å². The van der Waals surface area contributed by atoms with Gasteiger partial charge in [-0.05, 0) is 51.2 Å². The zero-order valence-electron chi connectivity index (χ0n) is 19.6. The van der Waals surface area contributed by atoms with Crippen LogP contribution >= 0.6 is 0 Å². The number of nitrogens with zero attached hydrogens (tertiary/aromatic N) is 1. The molecule has 3 fully saturated rings. The zero-order chi connectivity index (χ0) is 23.6. The molecular formula is C24H33N3O5. The van der Waals surface area contributed by atoms with Crippen LogP contribution in [0.15, 0.2) is 18.2 Å². The first-order valence-corrected chi connectivity index (χ1v) is 11.2. The van der Waals surface area contributed by atoms with Crippen LogP contribution in [0.5, 0.6) is 0 Å². The van der Waals surface area contributed by atoms with Crippen molar-refractivity contribution in [1.29, 1.82) is 0 Å². The minimum atomic E-state index is -1.12.